The van der Waals surface area contributed by atoms with Gasteiger partial charge in [-0.15, -0.1) is 0 Å². The van der Waals surface area contributed by atoms with Crippen molar-refractivity contribution >= 4 is 12.1 Å². The van der Waals surface area contributed by atoms with Gasteiger partial charge in [0.25, 0.3) is 5.91 Å². The van der Waals surface area contributed by atoms with Gasteiger partial charge in [0.1, 0.15) is 11.9 Å². The lowest BCUT2D eigenvalue weighted by Gasteiger charge is -2.29. The average molecular weight is 338 g/mol. The third-order valence-electron chi connectivity index (χ3n) is 4.93. The molecule has 0 aromatic heterocycles. The van der Waals surface area contributed by atoms with Crippen LogP contribution in [0.5, 0.6) is 0 Å². The summed E-state index contributed by atoms with van der Waals surface area (Å²) in [5.41, 5.74) is 12.3. The fourth-order valence-corrected chi connectivity index (χ4v) is 3.66. The molecule has 3 atom stereocenters. The van der Waals surface area contributed by atoms with Gasteiger partial charge in [-0.3, -0.25) is 4.79 Å². The number of hydrogen-bond donors (Lipinski definition) is 3. The van der Waals surface area contributed by atoms with Crippen LogP contribution in [0.25, 0.3) is 0 Å². The first kappa shape index (κ1) is 15.9. The fourth-order valence-electron chi connectivity index (χ4n) is 3.66. The molecule has 1 saturated heterocycles. The molecule has 2 aromatic rings. The van der Waals surface area contributed by atoms with Crippen LogP contribution in [0.15, 0.2) is 53.6 Å². The zero-order valence-corrected chi connectivity index (χ0v) is 13.6. The third-order valence-corrected chi connectivity index (χ3v) is 4.93. The van der Waals surface area contributed by atoms with E-state index in [1.165, 1.54) is 29.5 Å². The molecule has 3 unspecified atom stereocenters. The predicted molar refractivity (Wildman–Crippen MR) is 93.2 cm³/mol. The summed E-state index contributed by atoms with van der Waals surface area (Å²) in [5, 5.41) is 3.98. The van der Waals surface area contributed by atoms with Crippen LogP contribution in [0.1, 0.15) is 29.2 Å². The van der Waals surface area contributed by atoms with E-state index in [2.05, 4.69) is 39.6 Å². The van der Waals surface area contributed by atoms with Gasteiger partial charge in [0.2, 0.25) is 0 Å². The second-order valence-corrected chi connectivity index (χ2v) is 6.43. The Morgan fingerprint density at radius 1 is 1.16 bits per heavy atom. The molecule has 1 amide bonds. The topological polar surface area (TPSA) is 65.5 Å². The maximum Gasteiger partial charge on any atom is 0.258 e. The van der Waals surface area contributed by atoms with Crippen molar-refractivity contribution in [1.29, 1.82) is 0 Å². The summed E-state index contributed by atoms with van der Waals surface area (Å²) in [5.74, 6) is -0.278. The highest BCUT2D eigenvalue weighted by Gasteiger charge is 2.43. The summed E-state index contributed by atoms with van der Waals surface area (Å²) >= 11 is 0. The molecule has 25 heavy (non-hydrogen) atoms. The van der Waals surface area contributed by atoms with Crippen molar-refractivity contribution in [1.82, 2.24) is 16.3 Å². The minimum Gasteiger partial charge on any atom is -0.271 e. The van der Waals surface area contributed by atoms with E-state index in [1.54, 1.807) is 12.1 Å². The number of hydrogen-bond acceptors (Lipinski definition) is 4. The van der Waals surface area contributed by atoms with Crippen LogP contribution in [-0.4, -0.2) is 18.2 Å². The Kier molecular flexibility index (Phi) is 4.29. The van der Waals surface area contributed by atoms with Gasteiger partial charge in [-0.25, -0.2) is 20.7 Å². The van der Waals surface area contributed by atoms with E-state index in [4.69, 9.17) is 0 Å². The van der Waals surface area contributed by atoms with Gasteiger partial charge >= 0.3 is 0 Å². The van der Waals surface area contributed by atoms with Crippen LogP contribution in [0.4, 0.5) is 4.39 Å². The van der Waals surface area contributed by atoms with Crippen molar-refractivity contribution in [3.05, 3.63) is 71.0 Å². The minimum absolute atomic E-state index is 0.141. The van der Waals surface area contributed by atoms with E-state index in [-0.39, 0.29) is 29.7 Å². The maximum absolute atomic E-state index is 12.9. The van der Waals surface area contributed by atoms with Crippen molar-refractivity contribution in [3.8, 4) is 0 Å². The number of halogens is 1. The molecule has 6 heteroatoms. The molecular formula is C19H19FN4O. The van der Waals surface area contributed by atoms with Crippen molar-refractivity contribution in [2.24, 2.45) is 11.0 Å². The van der Waals surface area contributed by atoms with Crippen LogP contribution in [0.2, 0.25) is 0 Å². The minimum atomic E-state index is -0.330. The molecule has 0 radical (unpaired) electrons. The highest BCUT2D eigenvalue weighted by Crippen LogP contribution is 2.38. The zero-order valence-electron chi connectivity index (χ0n) is 13.6. The molecule has 4 rings (SSSR count). The monoisotopic (exact) mass is 338 g/mol. The van der Waals surface area contributed by atoms with Crippen molar-refractivity contribution in [3.63, 3.8) is 0 Å². The first-order valence-corrected chi connectivity index (χ1v) is 8.40. The second-order valence-electron chi connectivity index (χ2n) is 6.43. The van der Waals surface area contributed by atoms with Gasteiger partial charge in [-0.2, -0.15) is 5.10 Å². The number of carbonyl (C=O) groups excluding carboxylic acids is 1. The summed E-state index contributed by atoms with van der Waals surface area (Å²) in [6.07, 6.45) is 3.43. The Hall–Kier alpha value is -2.57. The Morgan fingerprint density at radius 2 is 1.96 bits per heavy atom. The quantitative estimate of drug-likeness (QED) is 0.593. The summed E-state index contributed by atoms with van der Waals surface area (Å²) < 4.78 is 12.9. The Balaban J connectivity index is 1.41. The van der Waals surface area contributed by atoms with Crippen molar-refractivity contribution < 1.29 is 9.18 Å². The van der Waals surface area contributed by atoms with Gasteiger partial charge in [0.15, 0.2) is 0 Å². The summed E-state index contributed by atoms with van der Waals surface area (Å²) in [6.45, 7) is 0. The first-order chi connectivity index (χ1) is 12.2. The van der Waals surface area contributed by atoms with Gasteiger partial charge in [-0.1, -0.05) is 36.4 Å². The molecule has 1 fully saturated rings. The largest absolute Gasteiger partial charge is 0.271 e. The van der Waals surface area contributed by atoms with E-state index in [1.807, 2.05) is 6.07 Å². The molecule has 128 valence electrons. The third kappa shape index (κ3) is 3.18. The Bertz CT molecular complexity index is 805. The van der Waals surface area contributed by atoms with Crippen LogP contribution in [0.3, 0.4) is 0 Å². The smallest absolute Gasteiger partial charge is 0.258 e. The first-order valence-electron chi connectivity index (χ1n) is 8.40. The molecule has 2 aromatic carbocycles. The normalized spacial score (nSPS) is 24.8. The van der Waals surface area contributed by atoms with E-state index in [0.717, 1.165) is 18.4 Å². The summed E-state index contributed by atoms with van der Waals surface area (Å²) in [4.78, 5) is 12.5. The molecule has 2 aliphatic rings. The van der Waals surface area contributed by atoms with Crippen LogP contribution >= 0.6 is 0 Å². The van der Waals surface area contributed by atoms with E-state index in [9.17, 15) is 9.18 Å². The molecule has 0 spiro atoms. The Morgan fingerprint density at radius 3 is 2.80 bits per heavy atom. The SMILES string of the molecule is O=C(N/N=C/c1ccc(F)cc1)C1NNC2c3ccccc3CCC12. The van der Waals surface area contributed by atoms with Gasteiger partial charge < -0.3 is 0 Å². The lowest BCUT2D eigenvalue weighted by Crippen LogP contribution is -2.44. The lowest BCUT2D eigenvalue weighted by molar-refractivity contribution is -0.123. The molecular weight excluding hydrogens is 319 g/mol. The molecule has 1 aliphatic heterocycles. The van der Waals surface area contributed by atoms with Crippen molar-refractivity contribution in [2.45, 2.75) is 24.9 Å². The standard InChI is InChI=1S/C19H19FN4O/c20-14-8-5-12(6-9-14)11-21-24-19(25)18-16-10-7-13-3-1-2-4-15(13)17(16)22-23-18/h1-6,8-9,11,16-18,22-23H,7,10H2,(H,24,25)/b21-11+. The average Bonchev–Trinajstić information content (AvgIpc) is 3.08. The number of fused-ring (bicyclic) bond motifs is 3. The van der Waals surface area contributed by atoms with E-state index in [0.29, 0.717) is 0 Å². The van der Waals surface area contributed by atoms with E-state index >= 15 is 0 Å². The lowest BCUT2D eigenvalue weighted by atomic mass is 9.77. The molecule has 3 N–H and O–H groups in total. The highest BCUT2D eigenvalue weighted by atomic mass is 19.1. The van der Waals surface area contributed by atoms with Crippen molar-refractivity contribution in [2.75, 3.05) is 0 Å². The van der Waals surface area contributed by atoms with E-state index < -0.39 is 0 Å². The number of rotatable bonds is 3. The van der Waals surface area contributed by atoms with Gasteiger partial charge in [0, 0.05) is 5.92 Å². The Labute approximate surface area is 145 Å². The second kappa shape index (κ2) is 6.74. The number of benzene rings is 2. The summed E-state index contributed by atoms with van der Waals surface area (Å²) in [7, 11) is 0. The molecule has 1 aliphatic carbocycles. The molecule has 1 heterocycles. The summed E-state index contributed by atoms with van der Waals surface area (Å²) in [6, 6.07) is 14.1. The van der Waals surface area contributed by atoms with Gasteiger partial charge in [0.05, 0.1) is 12.3 Å². The van der Waals surface area contributed by atoms with Crippen LogP contribution in [0, 0.1) is 11.7 Å². The number of nitrogens with one attached hydrogen (secondary N) is 3. The zero-order chi connectivity index (χ0) is 17.2. The number of aryl methyl sites for hydroxylation is 1. The number of nitrogens with zero attached hydrogens (tertiary/aromatic N) is 1. The van der Waals surface area contributed by atoms with Gasteiger partial charge in [-0.05, 0) is 41.7 Å². The number of hydrazone groups is 1. The predicted octanol–water partition coefficient (Wildman–Crippen LogP) is 2.06. The maximum atomic E-state index is 12.9. The number of hydrazine groups is 1. The molecule has 0 saturated carbocycles. The van der Waals surface area contributed by atoms with Crippen LogP contribution in [-0.2, 0) is 11.2 Å². The molecule has 5 nitrogen and oxygen atoms in total. The molecule has 0 bridgehead atoms. The number of amides is 1. The number of carbonyl (C=O) groups is 1. The highest BCUT2D eigenvalue weighted by molar-refractivity contribution is 5.85. The van der Waals surface area contributed by atoms with Crippen LogP contribution < -0.4 is 16.3 Å². The fraction of sp³-hybridized carbons (Fsp3) is 0.263.